The quantitative estimate of drug-likeness (QED) is 0.552. The molecule has 2 N–H and O–H groups in total. The Morgan fingerprint density at radius 3 is 2.70 bits per heavy atom. The number of carbonyl (C=O) groups is 1. The third-order valence-electron chi connectivity index (χ3n) is 6.76. The van der Waals surface area contributed by atoms with E-state index in [0.717, 1.165) is 40.5 Å². The molecule has 3 aromatic rings. The number of methoxy groups -OCH3 is 1. The van der Waals surface area contributed by atoms with Crippen molar-refractivity contribution in [1.29, 1.82) is 0 Å². The molecule has 3 aromatic carbocycles. The van der Waals surface area contributed by atoms with Gasteiger partial charge in [-0.05, 0) is 72.4 Å². The number of nitrogens with one attached hydrogen (secondary N) is 2. The minimum Gasteiger partial charge on any atom is -0.497 e. The first-order chi connectivity index (χ1) is 16.0. The number of alkyl halides is 1. The lowest BCUT2D eigenvalue weighted by Crippen LogP contribution is -2.35. The van der Waals surface area contributed by atoms with E-state index >= 15 is 0 Å². The van der Waals surface area contributed by atoms with Crippen LogP contribution in [0, 0.1) is 6.92 Å². The molecule has 2 fully saturated rings. The zero-order chi connectivity index (χ0) is 23.0. The van der Waals surface area contributed by atoms with Gasteiger partial charge in [-0.3, -0.25) is 4.79 Å². The van der Waals surface area contributed by atoms with Gasteiger partial charge in [0.1, 0.15) is 24.3 Å². The zero-order valence-electron chi connectivity index (χ0n) is 19.0. The van der Waals surface area contributed by atoms with Crippen LogP contribution in [0.1, 0.15) is 40.7 Å². The van der Waals surface area contributed by atoms with E-state index < -0.39 is 11.7 Å². The van der Waals surface area contributed by atoms with Crippen LogP contribution >= 0.6 is 0 Å². The van der Waals surface area contributed by atoms with Crippen LogP contribution in [0.3, 0.4) is 0 Å². The van der Waals surface area contributed by atoms with E-state index in [0.29, 0.717) is 30.9 Å². The van der Waals surface area contributed by atoms with E-state index in [1.54, 1.807) is 13.2 Å². The summed E-state index contributed by atoms with van der Waals surface area (Å²) in [7, 11) is 1.66. The van der Waals surface area contributed by atoms with Crippen molar-refractivity contribution in [3.05, 3.63) is 71.3 Å². The monoisotopic (exact) mass is 448 g/mol. The highest BCUT2D eigenvalue weighted by molar-refractivity contribution is 5.98. The van der Waals surface area contributed by atoms with Gasteiger partial charge in [-0.25, -0.2) is 4.39 Å². The minimum atomic E-state index is -0.819. The van der Waals surface area contributed by atoms with Gasteiger partial charge in [0.2, 0.25) is 0 Å². The average molecular weight is 449 g/mol. The van der Waals surface area contributed by atoms with Crippen LogP contribution in [0.4, 0.5) is 4.39 Å². The summed E-state index contributed by atoms with van der Waals surface area (Å²) in [4.78, 5) is 13.4. The summed E-state index contributed by atoms with van der Waals surface area (Å²) >= 11 is 0. The molecule has 2 atom stereocenters. The molecular weight excluding hydrogens is 419 g/mol. The normalized spacial score (nSPS) is 21.1. The first-order valence-electron chi connectivity index (χ1n) is 11.5. The van der Waals surface area contributed by atoms with Crippen LogP contribution in [-0.2, 0) is 5.54 Å². The first-order valence-corrected chi connectivity index (χ1v) is 11.5. The van der Waals surface area contributed by atoms with E-state index in [1.165, 1.54) is 0 Å². The molecule has 172 valence electrons. The highest BCUT2D eigenvalue weighted by atomic mass is 19.1. The van der Waals surface area contributed by atoms with E-state index in [2.05, 4.69) is 22.8 Å². The van der Waals surface area contributed by atoms with Crippen LogP contribution in [0.25, 0.3) is 10.8 Å². The molecule has 1 aliphatic carbocycles. The second kappa shape index (κ2) is 8.67. The molecule has 0 spiro atoms. The largest absolute Gasteiger partial charge is 0.497 e. The van der Waals surface area contributed by atoms with Crippen molar-refractivity contribution in [1.82, 2.24) is 10.6 Å². The van der Waals surface area contributed by atoms with Gasteiger partial charge in [-0.2, -0.15) is 0 Å². The fraction of sp³-hybridized carbons (Fsp3) is 0.370. The number of hydrogen-bond donors (Lipinski definition) is 2. The molecule has 0 radical (unpaired) electrons. The van der Waals surface area contributed by atoms with Crippen molar-refractivity contribution >= 4 is 16.7 Å². The number of ether oxygens (including phenoxy) is 2. The number of halogens is 1. The first kappa shape index (κ1) is 21.7. The maximum atomic E-state index is 13.4. The molecule has 0 unspecified atom stereocenters. The molecule has 2 aliphatic rings. The van der Waals surface area contributed by atoms with E-state index in [1.807, 2.05) is 43.3 Å². The van der Waals surface area contributed by atoms with Crippen LogP contribution in [0.2, 0.25) is 0 Å². The molecule has 5 rings (SSSR count). The lowest BCUT2D eigenvalue weighted by molar-refractivity contribution is 0.0930. The molecule has 33 heavy (non-hydrogen) atoms. The lowest BCUT2D eigenvalue weighted by Gasteiger charge is -2.22. The summed E-state index contributed by atoms with van der Waals surface area (Å²) in [5.41, 5.74) is 2.16. The summed E-state index contributed by atoms with van der Waals surface area (Å²) in [6.45, 7) is 2.67. The molecule has 1 saturated heterocycles. The van der Waals surface area contributed by atoms with Gasteiger partial charge in [0.05, 0.1) is 12.6 Å². The van der Waals surface area contributed by atoms with E-state index in [9.17, 15) is 9.18 Å². The van der Waals surface area contributed by atoms with Gasteiger partial charge in [-0.15, -0.1) is 0 Å². The maximum absolute atomic E-state index is 13.4. The van der Waals surface area contributed by atoms with Crippen LogP contribution in [-0.4, -0.2) is 38.4 Å². The van der Waals surface area contributed by atoms with Crippen LogP contribution in [0.15, 0.2) is 54.6 Å². The fourth-order valence-electron chi connectivity index (χ4n) is 4.70. The predicted octanol–water partition coefficient (Wildman–Crippen LogP) is 4.65. The standard InChI is InChI=1S/C27H29FN2O3/c1-17-7-8-21(33-16-20-12-19(28)15-29-20)13-24(17)26(31)30-27(9-10-27)25-14-22(32-2)11-18-5-3-4-6-23(18)25/h3-8,11,13-14,19-20,29H,9-10,12,15-16H2,1-2H3,(H,30,31)/t19-,20+/m1/s1. The zero-order valence-corrected chi connectivity index (χ0v) is 19.0. The van der Waals surface area contributed by atoms with Gasteiger partial charge in [0, 0.05) is 18.2 Å². The van der Waals surface area contributed by atoms with Gasteiger partial charge in [0.15, 0.2) is 0 Å². The third-order valence-corrected chi connectivity index (χ3v) is 6.76. The Labute approximate surface area is 193 Å². The van der Waals surface area contributed by atoms with Crippen molar-refractivity contribution < 1.29 is 18.7 Å². The number of hydrogen-bond acceptors (Lipinski definition) is 4. The predicted molar refractivity (Wildman–Crippen MR) is 127 cm³/mol. The Morgan fingerprint density at radius 1 is 1.15 bits per heavy atom. The molecule has 1 saturated carbocycles. The number of rotatable bonds is 7. The van der Waals surface area contributed by atoms with E-state index in [-0.39, 0.29) is 11.9 Å². The van der Waals surface area contributed by atoms with Gasteiger partial charge in [-0.1, -0.05) is 30.3 Å². The molecule has 1 amide bonds. The second-order valence-electron chi connectivity index (χ2n) is 9.16. The summed E-state index contributed by atoms with van der Waals surface area (Å²) in [6, 6.07) is 17.8. The summed E-state index contributed by atoms with van der Waals surface area (Å²) < 4.78 is 24.8. The molecule has 1 aliphatic heterocycles. The number of carbonyl (C=O) groups excluding carboxylic acids is 1. The number of aryl methyl sites for hydroxylation is 1. The molecule has 0 aromatic heterocycles. The van der Waals surface area contributed by atoms with Crippen molar-refractivity contribution in [2.75, 3.05) is 20.3 Å². The van der Waals surface area contributed by atoms with Crippen molar-refractivity contribution in [3.63, 3.8) is 0 Å². The fourth-order valence-corrected chi connectivity index (χ4v) is 4.70. The Balaban J connectivity index is 1.37. The van der Waals surface area contributed by atoms with Crippen LogP contribution < -0.4 is 20.1 Å². The minimum absolute atomic E-state index is 0.00495. The number of amides is 1. The Bertz CT molecular complexity index is 1190. The molecule has 0 bridgehead atoms. The van der Waals surface area contributed by atoms with Crippen molar-refractivity contribution in [2.24, 2.45) is 0 Å². The summed E-state index contributed by atoms with van der Waals surface area (Å²) in [6.07, 6.45) is 1.39. The highest BCUT2D eigenvalue weighted by Gasteiger charge is 2.47. The lowest BCUT2D eigenvalue weighted by atomic mass is 9.95. The summed E-state index contributed by atoms with van der Waals surface area (Å²) in [5.74, 6) is 1.28. The number of fused-ring (bicyclic) bond motifs is 1. The Morgan fingerprint density at radius 2 is 1.97 bits per heavy atom. The van der Waals surface area contributed by atoms with Crippen LogP contribution in [0.5, 0.6) is 11.5 Å². The Kier molecular flexibility index (Phi) is 5.71. The topological polar surface area (TPSA) is 59.6 Å². The molecule has 6 heteroatoms. The van der Waals surface area contributed by atoms with Crippen molar-refractivity contribution in [2.45, 2.75) is 43.9 Å². The molecular formula is C27H29FN2O3. The maximum Gasteiger partial charge on any atom is 0.252 e. The van der Waals surface area contributed by atoms with Gasteiger partial charge >= 0.3 is 0 Å². The molecule has 5 nitrogen and oxygen atoms in total. The van der Waals surface area contributed by atoms with Gasteiger partial charge in [0.25, 0.3) is 5.91 Å². The number of benzene rings is 3. The van der Waals surface area contributed by atoms with Crippen molar-refractivity contribution in [3.8, 4) is 11.5 Å². The highest BCUT2D eigenvalue weighted by Crippen LogP contribution is 2.49. The van der Waals surface area contributed by atoms with E-state index in [4.69, 9.17) is 9.47 Å². The smallest absolute Gasteiger partial charge is 0.252 e. The summed E-state index contributed by atoms with van der Waals surface area (Å²) in [5, 5.41) is 8.64. The SMILES string of the molecule is COc1cc(C2(NC(=O)c3cc(OC[C@@H]4C[C@@H](F)CN4)ccc3C)CC2)c2ccccc2c1. The third kappa shape index (κ3) is 4.40. The molecule has 1 heterocycles. The second-order valence-corrected chi connectivity index (χ2v) is 9.16. The van der Waals surface area contributed by atoms with Gasteiger partial charge < -0.3 is 20.1 Å². The average Bonchev–Trinajstić information content (AvgIpc) is 3.48. The Hall–Kier alpha value is -3.12.